The van der Waals surface area contributed by atoms with Gasteiger partial charge in [0.25, 0.3) is 5.91 Å². The predicted octanol–water partition coefficient (Wildman–Crippen LogP) is -0.434. The highest BCUT2D eigenvalue weighted by Gasteiger charge is 2.09. The average Bonchev–Trinajstić information content (AvgIpc) is 2.38. The summed E-state index contributed by atoms with van der Waals surface area (Å²) in [5.74, 6) is 0.446. The van der Waals surface area contributed by atoms with Gasteiger partial charge in [0.2, 0.25) is 0 Å². The second-order valence-electron chi connectivity index (χ2n) is 3.83. The topological polar surface area (TPSA) is 93.4 Å². The molecule has 3 N–H and O–H groups in total. The molecule has 0 aromatic carbocycles. The lowest BCUT2D eigenvalue weighted by Gasteiger charge is -2.09. The Labute approximate surface area is 106 Å². The van der Waals surface area contributed by atoms with Crippen LogP contribution >= 0.6 is 0 Å². The van der Waals surface area contributed by atoms with E-state index in [2.05, 4.69) is 15.5 Å². The number of nitrogens with two attached hydrogens (primary N) is 1. The first-order chi connectivity index (χ1) is 8.65. The molecule has 0 saturated heterocycles. The molecule has 0 unspecified atom stereocenters. The van der Waals surface area contributed by atoms with E-state index in [9.17, 15) is 4.79 Å². The molecule has 0 aliphatic heterocycles. The van der Waals surface area contributed by atoms with Crippen molar-refractivity contribution in [2.75, 3.05) is 45.7 Å². The highest BCUT2D eigenvalue weighted by atomic mass is 16.5. The van der Waals surface area contributed by atoms with Gasteiger partial charge in [-0.05, 0) is 12.1 Å². The van der Waals surface area contributed by atoms with Gasteiger partial charge >= 0.3 is 0 Å². The summed E-state index contributed by atoms with van der Waals surface area (Å²) in [5, 5.41) is 10.8. The number of carbonyl (C=O) groups is 1. The van der Waals surface area contributed by atoms with Crippen LogP contribution in [0.4, 0.5) is 5.82 Å². The van der Waals surface area contributed by atoms with Crippen molar-refractivity contribution in [1.29, 1.82) is 0 Å². The first-order valence-electron chi connectivity index (χ1n) is 5.72. The Bertz CT molecular complexity index is 366. The third-order valence-corrected chi connectivity index (χ3v) is 2.10. The molecule has 0 saturated carbocycles. The molecule has 7 heteroatoms. The van der Waals surface area contributed by atoms with Crippen LogP contribution in [-0.4, -0.2) is 61.4 Å². The molecular weight excluding hydrogens is 234 g/mol. The maximum absolute atomic E-state index is 11.6. The van der Waals surface area contributed by atoms with Crippen LogP contribution in [0.2, 0.25) is 0 Å². The van der Waals surface area contributed by atoms with Crippen LogP contribution in [0.15, 0.2) is 12.1 Å². The molecule has 1 rings (SSSR count). The molecule has 0 fully saturated rings. The maximum atomic E-state index is 11.6. The lowest BCUT2D eigenvalue weighted by atomic mass is 10.3. The molecule has 0 radical (unpaired) electrons. The standard InChI is InChI=1S/C11H19N5O2/c1-16(2)11(17)9-3-4-10(15-14-9)13-6-8-18-7-5-12/h3-4H,5-8,12H2,1-2H3,(H,13,15). The number of nitrogens with zero attached hydrogens (tertiary/aromatic N) is 3. The summed E-state index contributed by atoms with van der Waals surface area (Å²) in [6, 6.07) is 3.35. The summed E-state index contributed by atoms with van der Waals surface area (Å²) < 4.78 is 5.20. The van der Waals surface area contributed by atoms with Crippen molar-refractivity contribution in [1.82, 2.24) is 15.1 Å². The number of hydrogen-bond acceptors (Lipinski definition) is 6. The third-order valence-electron chi connectivity index (χ3n) is 2.10. The Morgan fingerprint density at radius 2 is 2.17 bits per heavy atom. The lowest BCUT2D eigenvalue weighted by molar-refractivity contribution is 0.0821. The summed E-state index contributed by atoms with van der Waals surface area (Å²) in [5.41, 5.74) is 5.61. The molecule has 0 aliphatic carbocycles. The number of rotatable bonds is 7. The molecule has 18 heavy (non-hydrogen) atoms. The smallest absolute Gasteiger partial charge is 0.273 e. The first-order valence-corrected chi connectivity index (χ1v) is 5.72. The van der Waals surface area contributed by atoms with Gasteiger partial charge in [-0.3, -0.25) is 4.79 Å². The molecule has 0 atom stereocenters. The fourth-order valence-corrected chi connectivity index (χ4v) is 1.21. The number of amides is 1. The molecule has 0 bridgehead atoms. The van der Waals surface area contributed by atoms with Gasteiger partial charge in [-0.1, -0.05) is 0 Å². The van der Waals surface area contributed by atoms with Crippen molar-refractivity contribution < 1.29 is 9.53 Å². The Morgan fingerprint density at radius 3 is 2.72 bits per heavy atom. The zero-order chi connectivity index (χ0) is 13.4. The highest BCUT2D eigenvalue weighted by molar-refractivity contribution is 5.91. The van der Waals surface area contributed by atoms with Crippen LogP contribution in [0.3, 0.4) is 0 Å². The molecule has 100 valence electrons. The van der Waals surface area contributed by atoms with Crippen LogP contribution < -0.4 is 11.1 Å². The number of carbonyl (C=O) groups excluding carboxylic acids is 1. The number of hydrogen-bond donors (Lipinski definition) is 2. The molecule has 1 aromatic heterocycles. The van der Waals surface area contributed by atoms with Crippen molar-refractivity contribution >= 4 is 11.7 Å². The third kappa shape index (κ3) is 4.64. The summed E-state index contributed by atoms with van der Waals surface area (Å²) >= 11 is 0. The van der Waals surface area contributed by atoms with Crippen molar-refractivity contribution in [3.05, 3.63) is 17.8 Å². The van der Waals surface area contributed by atoms with E-state index >= 15 is 0 Å². The highest BCUT2D eigenvalue weighted by Crippen LogP contribution is 2.03. The normalized spacial score (nSPS) is 10.2. The van der Waals surface area contributed by atoms with Crippen molar-refractivity contribution in [2.24, 2.45) is 5.73 Å². The predicted molar refractivity (Wildman–Crippen MR) is 68.4 cm³/mol. The monoisotopic (exact) mass is 253 g/mol. The SMILES string of the molecule is CN(C)C(=O)c1ccc(NCCOCCN)nn1. The zero-order valence-corrected chi connectivity index (χ0v) is 10.7. The van der Waals surface area contributed by atoms with Crippen LogP contribution in [0.1, 0.15) is 10.5 Å². The minimum atomic E-state index is -0.166. The Balaban J connectivity index is 2.38. The number of aromatic nitrogens is 2. The number of ether oxygens (including phenoxy) is 1. The molecular formula is C11H19N5O2. The van der Waals surface area contributed by atoms with Crippen LogP contribution in [0.25, 0.3) is 0 Å². The van der Waals surface area contributed by atoms with E-state index in [1.807, 2.05) is 0 Å². The Hall–Kier alpha value is -1.73. The van der Waals surface area contributed by atoms with Crippen molar-refractivity contribution in [2.45, 2.75) is 0 Å². The van der Waals surface area contributed by atoms with Gasteiger partial charge in [0.05, 0.1) is 13.2 Å². The zero-order valence-electron chi connectivity index (χ0n) is 10.7. The lowest BCUT2D eigenvalue weighted by Crippen LogP contribution is -2.23. The van der Waals surface area contributed by atoms with Crippen LogP contribution in [0.5, 0.6) is 0 Å². The maximum Gasteiger partial charge on any atom is 0.273 e. The molecule has 0 spiro atoms. The fraction of sp³-hybridized carbons (Fsp3) is 0.545. The van der Waals surface area contributed by atoms with E-state index in [4.69, 9.17) is 10.5 Å². The minimum absolute atomic E-state index is 0.166. The summed E-state index contributed by atoms with van der Waals surface area (Å²) in [7, 11) is 3.34. The quantitative estimate of drug-likeness (QED) is 0.640. The van der Waals surface area contributed by atoms with Gasteiger partial charge in [-0.15, -0.1) is 10.2 Å². The van der Waals surface area contributed by atoms with Gasteiger partial charge in [0.1, 0.15) is 5.82 Å². The number of anilines is 1. The van der Waals surface area contributed by atoms with Crippen molar-refractivity contribution in [3.63, 3.8) is 0 Å². The second-order valence-corrected chi connectivity index (χ2v) is 3.83. The van der Waals surface area contributed by atoms with E-state index < -0.39 is 0 Å². The summed E-state index contributed by atoms with van der Waals surface area (Å²) in [4.78, 5) is 13.0. The first kappa shape index (κ1) is 14.3. The van der Waals surface area contributed by atoms with E-state index in [0.717, 1.165) is 0 Å². The average molecular weight is 253 g/mol. The molecule has 0 aliphatic rings. The van der Waals surface area contributed by atoms with E-state index in [1.54, 1.807) is 26.2 Å². The minimum Gasteiger partial charge on any atom is -0.378 e. The van der Waals surface area contributed by atoms with Crippen LogP contribution in [-0.2, 0) is 4.74 Å². The molecule has 1 heterocycles. The second kappa shape index (κ2) is 7.57. The summed E-state index contributed by atoms with van der Waals surface area (Å²) in [6.45, 7) is 2.23. The van der Waals surface area contributed by atoms with Gasteiger partial charge in [0, 0.05) is 27.2 Å². The van der Waals surface area contributed by atoms with Crippen molar-refractivity contribution in [3.8, 4) is 0 Å². The van der Waals surface area contributed by atoms with Crippen LogP contribution in [0, 0.1) is 0 Å². The molecule has 1 amide bonds. The Morgan fingerprint density at radius 1 is 1.39 bits per heavy atom. The fourth-order valence-electron chi connectivity index (χ4n) is 1.21. The van der Waals surface area contributed by atoms with E-state index in [1.165, 1.54) is 4.90 Å². The number of nitrogens with one attached hydrogen (secondary N) is 1. The van der Waals surface area contributed by atoms with Gasteiger partial charge < -0.3 is 20.7 Å². The van der Waals surface area contributed by atoms with Gasteiger partial charge in [-0.2, -0.15) is 0 Å². The molecule has 7 nitrogen and oxygen atoms in total. The Kier molecular flexibility index (Phi) is 6.03. The molecule has 1 aromatic rings. The van der Waals surface area contributed by atoms with E-state index in [0.29, 0.717) is 37.8 Å². The van der Waals surface area contributed by atoms with Gasteiger partial charge in [-0.25, -0.2) is 0 Å². The van der Waals surface area contributed by atoms with Gasteiger partial charge in [0.15, 0.2) is 5.69 Å². The van der Waals surface area contributed by atoms with E-state index in [-0.39, 0.29) is 5.91 Å². The summed E-state index contributed by atoms with van der Waals surface area (Å²) in [6.07, 6.45) is 0. The largest absolute Gasteiger partial charge is 0.378 e.